The number of rotatable bonds is 4. The Kier molecular flexibility index (Phi) is 6.35. The SMILES string of the molecule is Cc1ccc(N(c2ccc(Cl)cc2)c2ccc(C=C3C(=O)N(C)C(=S)N(C)C3=O)[se]2)cc1. The van der Waals surface area contributed by atoms with Crippen LogP contribution in [0.1, 0.15) is 10.0 Å². The van der Waals surface area contributed by atoms with Crippen molar-refractivity contribution in [2.75, 3.05) is 19.0 Å². The van der Waals surface area contributed by atoms with Gasteiger partial charge in [0.15, 0.2) is 0 Å². The van der Waals surface area contributed by atoms with Gasteiger partial charge in [-0.1, -0.05) is 0 Å². The summed E-state index contributed by atoms with van der Waals surface area (Å²) in [7, 11) is 3.16. The molecule has 1 aromatic heterocycles. The Labute approximate surface area is 203 Å². The van der Waals surface area contributed by atoms with Gasteiger partial charge in [-0.25, -0.2) is 0 Å². The summed E-state index contributed by atoms with van der Waals surface area (Å²) < 4.78 is 2.02. The summed E-state index contributed by atoms with van der Waals surface area (Å²) in [6, 6.07) is 20.0. The van der Waals surface area contributed by atoms with Crippen molar-refractivity contribution in [2.24, 2.45) is 0 Å². The monoisotopic (exact) mass is 529 g/mol. The van der Waals surface area contributed by atoms with Crippen LogP contribution in [0.4, 0.5) is 15.9 Å². The van der Waals surface area contributed by atoms with Gasteiger partial charge < -0.3 is 0 Å². The summed E-state index contributed by atoms with van der Waals surface area (Å²) in [5, 5.41) is 0.878. The number of amides is 2. The molecule has 1 aliphatic rings. The summed E-state index contributed by atoms with van der Waals surface area (Å²) in [5.41, 5.74) is 3.32. The van der Waals surface area contributed by atoms with E-state index in [0.29, 0.717) is 5.02 Å². The van der Waals surface area contributed by atoms with Crippen LogP contribution < -0.4 is 4.90 Å². The standard InChI is InChI=1S/C24H20ClN3O2SSe/c1-15-4-8-17(9-5-15)28(18-10-6-16(25)7-11-18)21-13-12-19(32-21)14-20-22(29)26(2)24(31)27(3)23(20)30/h4-14H,1-3H3. The van der Waals surface area contributed by atoms with Crippen LogP contribution in [-0.4, -0.2) is 55.3 Å². The van der Waals surface area contributed by atoms with E-state index in [1.165, 1.54) is 15.4 Å². The van der Waals surface area contributed by atoms with Crippen LogP contribution in [0.5, 0.6) is 0 Å². The van der Waals surface area contributed by atoms with Crippen molar-refractivity contribution in [1.29, 1.82) is 0 Å². The molecule has 2 amide bonds. The number of anilines is 3. The molecule has 0 spiro atoms. The predicted molar refractivity (Wildman–Crippen MR) is 134 cm³/mol. The first-order valence-corrected chi connectivity index (χ1v) is 12.3. The molecule has 5 nitrogen and oxygen atoms in total. The van der Waals surface area contributed by atoms with Crippen molar-refractivity contribution in [3.8, 4) is 0 Å². The normalized spacial score (nSPS) is 14.2. The molecule has 162 valence electrons. The molecule has 0 unspecified atom stereocenters. The van der Waals surface area contributed by atoms with Gasteiger partial charge in [0.05, 0.1) is 0 Å². The van der Waals surface area contributed by atoms with Gasteiger partial charge in [-0.3, -0.25) is 0 Å². The third-order valence-corrected chi connectivity index (χ3v) is 8.07. The van der Waals surface area contributed by atoms with Gasteiger partial charge in [-0.15, -0.1) is 0 Å². The maximum atomic E-state index is 12.7. The number of thiocarbonyl (C=S) groups is 1. The van der Waals surface area contributed by atoms with Crippen LogP contribution in [0.15, 0.2) is 66.2 Å². The molecule has 1 saturated heterocycles. The first kappa shape index (κ1) is 22.5. The number of carbonyl (C=O) groups is 2. The van der Waals surface area contributed by atoms with Gasteiger partial charge in [0.25, 0.3) is 0 Å². The van der Waals surface area contributed by atoms with E-state index in [1.54, 1.807) is 20.2 Å². The molecule has 0 aliphatic carbocycles. The fourth-order valence-electron chi connectivity index (χ4n) is 3.34. The molecule has 3 aromatic rings. The second-order valence-electron chi connectivity index (χ2n) is 7.39. The molecule has 32 heavy (non-hydrogen) atoms. The van der Waals surface area contributed by atoms with Crippen LogP contribution >= 0.6 is 23.8 Å². The summed E-state index contributed by atoms with van der Waals surface area (Å²) in [4.78, 5) is 30.2. The van der Waals surface area contributed by atoms with Crippen molar-refractivity contribution in [3.63, 3.8) is 0 Å². The van der Waals surface area contributed by atoms with Crippen LogP contribution in [-0.2, 0) is 9.59 Å². The fourth-order valence-corrected chi connectivity index (χ4v) is 5.72. The minimum absolute atomic E-state index is 0.118. The molecule has 1 fully saturated rings. The number of nitrogens with zero attached hydrogens (tertiary/aromatic N) is 3. The topological polar surface area (TPSA) is 43.9 Å². The zero-order valence-electron chi connectivity index (χ0n) is 17.7. The van der Waals surface area contributed by atoms with Crippen LogP contribution in [0.2, 0.25) is 5.02 Å². The Bertz CT molecular complexity index is 1160. The molecule has 0 N–H and O–H groups in total. The van der Waals surface area contributed by atoms with E-state index in [4.69, 9.17) is 23.8 Å². The van der Waals surface area contributed by atoms with Crippen molar-refractivity contribution < 1.29 is 9.59 Å². The molecule has 2 heterocycles. The first-order valence-electron chi connectivity index (χ1n) is 9.80. The molecule has 0 bridgehead atoms. The van der Waals surface area contributed by atoms with E-state index in [1.807, 2.05) is 36.4 Å². The van der Waals surface area contributed by atoms with E-state index >= 15 is 0 Å². The third-order valence-electron chi connectivity index (χ3n) is 5.14. The van der Waals surface area contributed by atoms with Crippen LogP contribution in [0.25, 0.3) is 6.08 Å². The molecule has 0 saturated carbocycles. The van der Waals surface area contributed by atoms with Gasteiger partial charge in [0, 0.05) is 0 Å². The number of carbonyl (C=O) groups excluding carboxylic acids is 2. The van der Waals surface area contributed by atoms with Crippen molar-refractivity contribution in [3.05, 3.63) is 81.3 Å². The van der Waals surface area contributed by atoms with E-state index in [2.05, 4.69) is 36.1 Å². The van der Waals surface area contributed by atoms with Crippen molar-refractivity contribution >= 4 is 77.3 Å². The molecular formula is C24H20ClN3O2SSe. The van der Waals surface area contributed by atoms with Gasteiger partial charge in [0.2, 0.25) is 0 Å². The quantitative estimate of drug-likeness (QED) is 0.212. The fraction of sp³-hybridized carbons (Fsp3) is 0.125. The minimum atomic E-state index is -0.378. The first-order chi connectivity index (χ1) is 15.3. The predicted octanol–water partition coefficient (Wildman–Crippen LogP) is 4.77. The molecule has 0 atom stereocenters. The molecule has 4 rings (SSSR count). The second kappa shape index (κ2) is 9.04. The molecule has 0 radical (unpaired) electrons. The second-order valence-corrected chi connectivity index (χ2v) is 10.5. The van der Waals surface area contributed by atoms with Gasteiger partial charge >= 0.3 is 204 Å². The van der Waals surface area contributed by atoms with Gasteiger partial charge in [-0.05, 0) is 0 Å². The van der Waals surface area contributed by atoms with Crippen LogP contribution in [0.3, 0.4) is 0 Å². The Morgan fingerprint density at radius 1 is 0.875 bits per heavy atom. The van der Waals surface area contributed by atoms with E-state index in [0.717, 1.165) is 20.4 Å². The molecule has 8 heteroatoms. The van der Waals surface area contributed by atoms with Crippen molar-refractivity contribution in [1.82, 2.24) is 9.80 Å². The Hall–Kier alpha value is -2.70. The molecular weight excluding hydrogens is 509 g/mol. The molecule has 1 aliphatic heterocycles. The Morgan fingerprint density at radius 3 is 1.97 bits per heavy atom. The zero-order chi connectivity index (χ0) is 23.0. The number of hydrogen-bond acceptors (Lipinski definition) is 4. The zero-order valence-corrected chi connectivity index (χ0v) is 21.0. The summed E-state index contributed by atoms with van der Waals surface area (Å²) in [6.07, 6.45) is 1.69. The van der Waals surface area contributed by atoms with Crippen LogP contribution in [0, 0.1) is 6.92 Å². The number of likely N-dealkylation sites (N-methyl/N-ethyl adjacent to an activating group) is 2. The Morgan fingerprint density at radius 2 is 1.41 bits per heavy atom. The van der Waals surface area contributed by atoms with E-state index < -0.39 is 0 Å². The number of aryl methyl sites for hydroxylation is 1. The number of halogens is 1. The van der Waals surface area contributed by atoms with E-state index in [9.17, 15) is 9.59 Å². The van der Waals surface area contributed by atoms with Gasteiger partial charge in [-0.2, -0.15) is 0 Å². The summed E-state index contributed by atoms with van der Waals surface area (Å²) in [6.45, 7) is 2.05. The summed E-state index contributed by atoms with van der Waals surface area (Å²) >= 11 is 11.2. The Balaban J connectivity index is 1.75. The average molecular weight is 529 g/mol. The van der Waals surface area contributed by atoms with E-state index in [-0.39, 0.29) is 37.0 Å². The third kappa shape index (κ3) is 4.30. The number of benzene rings is 2. The average Bonchev–Trinajstić information content (AvgIpc) is 3.25. The number of hydrogen-bond donors (Lipinski definition) is 0. The van der Waals surface area contributed by atoms with Gasteiger partial charge in [0.1, 0.15) is 0 Å². The maximum absolute atomic E-state index is 12.7. The van der Waals surface area contributed by atoms with Crippen molar-refractivity contribution in [2.45, 2.75) is 6.92 Å². The summed E-state index contributed by atoms with van der Waals surface area (Å²) in [5.74, 6) is -0.757. The molecule has 2 aromatic carbocycles.